The summed E-state index contributed by atoms with van der Waals surface area (Å²) in [6.45, 7) is 3.77. The van der Waals surface area contributed by atoms with Crippen LogP contribution in [0.15, 0.2) is 36.5 Å². The van der Waals surface area contributed by atoms with Gasteiger partial charge in [-0.1, -0.05) is 230 Å². The average molecular weight is 920 g/mol. The Balaban J connectivity index is 2.19. The molecule has 1 rings (SSSR count). The van der Waals surface area contributed by atoms with Crippen molar-refractivity contribution in [3.63, 3.8) is 0 Å². The Labute approximate surface area is 400 Å². The largest absolute Gasteiger partial charge is 0.394 e. The third-order valence-corrected chi connectivity index (χ3v) is 13.2. The molecular formula is C56H105NO8. The van der Waals surface area contributed by atoms with Gasteiger partial charge in [-0.15, -0.1) is 0 Å². The second-order valence-corrected chi connectivity index (χ2v) is 19.4. The molecule has 0 spiro atoms. The van der Waals surface area contributed by atoms with Gasteiger partial charge in [0, 0.05) is 6.42 Å². The van der Waals surface area contributed by atoms with Crippen LogP contribution in [0.25, 0.3) is 0 Å². The van der Waals surface area contributed by atoms with Gasteiger partial charge < -0.3 is 40.3 Å². The van der Waals surface area contributed by atoms with E-state index in [9.17, 15) is 30.3 Å². The van der Waals surface area contributed by atoms with Crippen molar-refractivity contribution >= 4 is 5.91 Å². The standard InChI is InChI=1S/C56H105NO8/c1-3-5-7-9-11-13-15-17-19-20-21-22-23-24-25-26-27-28-29-30-31-32-34-36-38-40-42-44-46-52(60)57-49(48-64-56-55(63)54(62)53(61)51(47-58)65-56)50(59)45-43-41-39-37-35-33-18-16-14-12-10-8-6-4-2/h24-25,35,37,43,45,49-51,53-56,58-59,61-63H,3-23,26-34,36,38-42,44,46-48H2,1-2H3,(H,57,60)/b25-24-,37-35+,45-43+. The number of aliphatic hydroxyl groups excluding tert-OH is 5. The Morgan fingerprint density at radius 2 is 0.877 bits per heavy atom. The predicted molar refractivity (Wildman–Crippen MR) is 272 cm³/mol. The van der Waals surface area contributed by atoms with Crippen molar-refractivity contribution in [2.24, 2.45) is 0 Å². The molecule has 6 N–H and O–H groups in total. The summed E-state index contributed by atoms with van der Waals surface area (Å²) in [4.78, 5) is 13.0. The fourth-order valence-electron chi connectivity index (χ4n) is 8.76. The van der Waals surface area contributed by atoms with Gasteiger partial charge in [-0.3, -0.25) is 4.79 Å². The Morgan fingerprint density at radius 3 is 1.29 bits per heavy atom. The Kier molecular flexibility index (Phi) is 43.6. The van der Waals surface area contributed by atoms with Gasteiger partial charge in [0.15, 0.2) is 6.29 Å². The van der Waals surface area contributed by atoms with E-state index in [-0.39, 0.29) is 12.5 Å². The van der Waals surface area contributed by atoms with Crippen molar-refractivity contribution in [3.8, 4) is 0 Å². The first-order chi connectivity index (χ1) is 31.8. The first-order valence-electron chi connectivity index (χ1n) is 27.7. The lowest BCUT2D eigenvalue weighted by molar-refractivity contribution is -0.302. The molecule has 7 unspecified atom stereocenters. The van der Waals surface area contributed by atoms with Gasteiger partial charge >= 0.3 is 0 Å². The zero-order valence-electron chi connectivity index (χ0n) is 42.3. The van der Waals surface area contributed by atoms with Crippen LogP contribution in [-0.4, -0.2) is 87.5 Å². The van der Waals surface area contributed by atoms with Crippen molar-refractivity contribution in [3.05, 3.63) is 36.5 Å². The summed E-state index contributed by atoms with van der Waals surface area (Å²) in [5.74, 6) is -0.186. The van der Waals surface area contributed by atoms with E-state index in [2.05, 4.69) is 43.5 Å². The molecule has 1 fully saturated rings. The number of allylic oxidation sites excluding steroid dienone is 5. The molecule has 1 heterocycles. The summed E-state index contributed by atoms with van der Waals surface area (Å²) in [6, 6.07) is -0.820. The maximum absolute atomic E-state index is 13.0. The van der Waals surface area contributed by atoms with Crippen molar-refractivity contribution in [1.82, 2.24) is 5.32 Å². The van der Waals surface area contributed by atoms with Crippen LogP contribution in [0, 0.1) is 0 Å². The molecule has 0 saturated carbocycles. The van der Waals surface area contributed by atoms with Crippen LogP contribution < -0.4 is 5.32 Å². The lowest BCUT2D eigenvalue weighted by atomic mass is 9.99. The van der Waals surface area contributed by atoms with Gasteiger partial charge in [0.25, 0.3) is 0 Å². The quantitative estimate of drug-likeness (QED) is 0.0261. The lowest BCUT2D eigenvalue weighted by Crippen LogP contribution is -2.60. The molecule has 1 amide bonds. The molecule has 9 heteroatoms. The third-order valence-electron chi connectivity index (χ3n) is 13.2. The van der Waals surface area contributed by atoms with Crippen LogP contribution in [0.2, 0.25) is 0 Å². The Morgan fingerprint density at radius 1 is 0.508 bits per heavy atom. The second kappa shape index (κ2) is 46.2. The Bertz CT molecular complexity index is 1110. The summed E-state index contributed by atoms with van der Waals surface area (Å²) in [5.41, 5.74) is 0. The molecule has 382 valence electrons. The van der Waals surface area contributed by atoms with Gasteiger partial charge in [0.05, 0.1) is 25.4 Å². The van der Waals surface area contributed by atoms with Crippen LogP contribution in [0.1, 0.15) is 258 Å². The van der Waals surface area contributed by atoms with Crippen LogP contribution in [0.4, 0.5) is 0 Å². The number of amides is 1. The normalized spacial score (nSPS) is 20.1. The van der Waals surface area contributed by atoms with Crippen molar-refractivity contribution < 1.29 is 39.8 Å². The van der Waals surface area contributed by atoms with Crippen LogP contribution in [-0.2, 0) is 14.3 Å². The molecule has 9 nitrogen and oxygen atoms in total. The smallest absolute Gasteiger partial charge is 0.220 e. The van der Waals surface area contributed by atoms with Crippen LogP contribution in [0.3, 0.4) is 0 Å². The topological polar surface area (TPSA) is 149 Å². The fraction of sp³-hybridized carbons (Fsp3) is 0.875. The molecule has 0 aromatic heterocycles. The monoisotopic (exact) mass is 920 g/mol. The van der Waals surface area contributed by atoms with E-state index in [4.69, 9.17) is 9.47 Å². The highest BCUT2D eigenvalue weighted by Gasteiger charge is 2.44. The van der Waals surface area contributed by atoms with Crippen LogP contribution in [0.5, 0.6) is 0 Å². The van der Waals surface area contributed by atoms with E-state index in [1.54, 1.807) is 6.08 Å². The summed E-state index contributed by atoms with van der Waals surface area (Å²) < 4.78 is 11.2. The third kappa shape index (κ3) is 36.1. The molecular weight excluding hydrogens is 815 g/mol. The maximum atomic E-state index is 13.0. The minimum absolute atomic E-state index is 0.186. The number of rotatable bonds is 47. The van der Waals surface area contributed by atoms with Gasteiger partial charge in [0.2, 0.25) is 5.91 Å². The maximum Gasteiger partial charge on any atom is 0.220 e. The zero-order chi connectivity index (χ0) is 47.3. The highest BCUT2D eigenvalue weighted by atomic mass is 16.7. The molecule has 0 bridgehead atoms. The fourth-order valence-corrected chi connectivity index (χ4v) is 8.76. The molecule has 65 heavy (non-hydrogen) atoms. The van der Waals surface area contributed by atoms with E-state index >= 15 is 0 Å². The van der Waals surface area contributed by atoms with Crippen molar-refractivity contribution in [1.29, 1.82) is 0 Å². The van der Waals surface area contributed by atoms with Crippen molar-refractivity contribution in [2.45, 2.75) is 301 Å². The van der Waals surface area contributed by atoms with E-state index < -0.39 is 49.5 Å². The van der Waals surface area contributed by atoms with Gasteiger partial charge in [0.1, 0.15) is 24.4 Å². The van der Waals surface area contributed by atoms with Crippen molar-refractivity contribution in [2.75, 3.05) is 13.2 Å². The molecule has 0 aromatic carbocycles. The SMILES string of the molecule is CCCCCCCCCC/C=C/CC/C=C/C(O)C(COC1OC(CO)C(O)C(O)C1O)NC(=O)CCCCCCCCCCCCCC/C=C\CCCCCCCCCCCCCC. The molecule has 1 aliphatic rings. The number of aliphatic hydroxyl groups is 5. The highest BCUT2D eigenvalue weighted by molar-refractivity contribution is 5.76. The summed E-state index contributed by atoms with van der Waals surface area (Å²) in [5, 5.41) is 54.3. The molecule has 0 aromatic rings. The van der Waals surface area contributed by atoms with E-state index in [0.717, 1.165) is 38.5 Å². The first kappa shape index (κ1) is 61.4. The average Bonchev–Trinajstić information content (AvgIpc) is 3.31. The summed E-state index contributed by atoms with van der Waals surface area (Å²) in [6.07, 6.45) is 52.2. The molecule has 1 saturated heterocycles. The highest BCUT2D eigenvalue weighted by Crippen LogP contribution is 2.23. The second-order valence-electron chi connectivity index (χ2n) is 19.4. The molecule has 7 atom stereocenters. The number of unbranched alkanes of at least 4 members (excludes halogenated alkanes) is 33. The Hall–Kier alpha value is -1.59. The minimum Gasteiger partial charge on any atom is -0.394 e. The molecule has 0 radical (unpaired) electrons. The lowest BCUT2D eigenvalue weighted by Gasteiger charge is -2.40. The van der Waals surface area contributed by atoms with Gasteiger partial charge in [-0.05, 0) is 57.8 Å². The van der Waals surface area contributed by atoms with Gasteiger partial charge in [-0.2, -0.15) is 0 Å². The van der Waals surface area contributed by atoms with Gasteiger partial charge in [-0.25, -0.2) is 0 Å². The van der Waals surface area contributed by atoms with E-state index in [1.807, 2.05) is 6.08 Å². The van der Waals surface area contributed by atoms with E-state index in [0.29, 0.717) is 6.42 Å². The van der Waals surface area contributed by atoms with E-state index in [1.165, 1.54) is 199 Å². The zero-order valence-corrected chi connectivity index (χ0v) is 42.3. The number of ether oxygens (including phenoxy) is 2. The molecule has 0 aliphatic carbocycles. The number of carbonyl (C=O) groups excluding carboxylic acids is 1. The number of hydrogen-bond acceptors (Lipinski definition) is 8. The summed E-state index contributed by atoms with van der Waals surface area (Å²) in [7, 11) is 0. The first-order valence-corrected chi connectivity index (χ1v) is 27.7. The minimum atomic E-state index is -1.57. The van der Waals surface area contributed by atoms with Crippen LogP contribution >= 0.6 is 0 Å². The number of nitrogens with one attached hydrogen (secondary N) is 1. The predicted octanol–water partition coefficient (Wildman–Crippen LogP) is 13.2. The number of hydrogen-bond donors (Lipinski definition) is 6. The molecule has 1 aliphatic heterocycles. The number of carbonyl (C=O) groups is 1. The summed E-state index contributed by atoms with van der Waals surface area (Å²) >= 11 is 0.